The van der Waals surface area contributed by atoms with Gasteiger partial charge in [0.2, 0.25) is 6.43 Å². The zero-order valence-electron chi connectivity index (χ0n) is 5.87. The first-order valence-corrected chi connectivity index (χ1v) is 3.73. The van der Waals surface area contributed by atoms with E-state index in [-0.39, 0.29) is 5.92 Å². The average Bonchev–Trinajstić information content (AvgIpc) is 2.57. The normalized spacial score (nSPS) is 54.8. The molecule has 2 fully saturated rings. The van der Waals surface area contributed by atoms with Gasteiger partial charge in [-0.05, 0) is 18.8 Å². The smallest absolute Gasteiger partial charge is 0.247 e. The zero-order chi connectivity index (χ0) is 8.22. The zero-order valence-corrected chi connectivity index (χ0v) is 5.87. The van der Waals surface area contributed by atoms with E-state index in [1.54, 1.807) is 0 Å². The fourth-order valence-electron chi connectivity index (χ4n) is 2.21. The molecule has 0 aromatic heterocycles. The summed E-state index contributed by atoms with van der Waals surface area (Å²) in [6.07, 6.45) is -3.90. The molecule has 0 radical (unpaired) electrons. The van der Waals surface area contributed by atoms with Crippen molar-refractivity contribution in [1.82, 2.24) is 0 Å². The second kappa shape index (κ2) is 1.93. The molecule has 0 spiro atoms. The van der Waals surface area contributed by atoms with E-state index in [1.807, 2.05) is 0 Å². The van der Waals surface area contributed by atoms with Crippen molar-refractivity contribution in [3.05, 3.63) is 0 Å². The van der Waals surface area contributed by atoms with Gasteiger partial charge in [0.25, 0.3) is 0 Å². The molecular formula is C7H10F2O2. The maximum atomic E-state index is 12.3. The van der Waals surface area contributed by atoms with Crippen LogP contribution in [0.2, 0.25) is 0 Å². The van der Waals surface area contributed by atoms with Gasteiger partial charge in [0.05, 0.1) is 17.6 Å². The van der Waals surface area contributed by atoms with Gasteiger partial charge in [-0.2, -0.15) is 0 Å². The fraction of sp³-hybridized carbons (Fsp3) is 1.00. The number of rotatable bonds is 1. The Kier molecular flexibility index (Phi) is 1.30. The van der Waals surface area contributed by atoms with Gasteiger partial charge in [0.15, 0.2) is 0 Å². The van der Waals surface area contributed by atoms with Gasteiger partial charge < -0.3 is 10.2 Å². The Morgan fingerprint density at radius 3 is 2.27 bits per heavy atom. The summed E-state index contributed by atoms with van der Waals surface area (Å²) in [6.45, 7) is 0. The van der Waals surface area contributed by atoms with Gasteiger partial charge in [-0.1, -0.05) is 0 Å². The summed E-state index contributed by atoms with van der Waals surface area (Å²) in [5, 5.41) is 18.2. The molecule has 0 heterocycles. The minimum Gasteiger partial charge on any atom is -0.390 e. The molecule has 2 saturated carbocycles. The van der Waals surface area contributed by atoms with Crippen molar-refractivity contribution in [3.63, 3.8) is 0 Å². The maximum Gasteiger partial charge on any atom is 0.247 e. The van der Waals surface area contributed by atoms with Crippen molar-refractivity contribution in [2.75, 3.05) is 0 Å². The number of fused-ring (bicyclic) bond motifs is 1. The van der Waals surface area contributed by atoms with E-state index in [2.05, 4.69) is 0 Å². The first-order chi connectivity index (χ1) is 5.09. The molecule has 2 nitrogen and oxygen atoms in total. The molecule has 4 atom stereocenters. The van der Waals surface area contributed by atoms with Crippen LogP contribution in [-0.4, -0.2) is 28.8 Å². The molecule has 4 heteroatoms. The van der Waals surface area contributed by atoms with Gasteiger partial charge in [-0.25, -0.2) is 8.78 Å². The molecule has 2 aliphatic rings. The summed E-state index contributed by atoms with van der Waals surface area (Å²) in [7, 11) is 0. The topological polar surface area (TPSA) is 40.5 Å². The molecule has 2 aliphatic carbocycles. The Labute approximate surface area is 62.8 Å². The van der Waals surface area contributed by atoms with Gasteiger partial charge in [0.1, 0.15) is 0 Å². The van der Waals surface area contributed by atoms with E-state index in [9.17, 15) is 13.9 Å². The van der Waals surface area contributed by atoms with E-state index in [0.29, 0.717) is 12.8 Å². The first-order valence-electron chi connectivity index (χ1n) is 3.73. The quantitative estimate of drug-likeness (QED) is 0.588. The lowest BCUT2D eigenvalue weighted by atomic mass is 10.0. The van der Waals surface area contributed by atoms with E-state index < -0.39 is 24.0 Å². The van der Waals surface area contributed by atoms with Crippen molar-refractivity contribution < 1.29 is 19.0 Å². The van der Waals surface area contributed by atoms with Crippen LogP contribution in [0.1, 0.15) is 12.8 Å². The first kappa shape index (κ1) is 7.43. The van der Waals surface area contributed by atoms with Crippen LogP contribution in [0, 0.1) is 11.3 Å². The highest BCUT2D eigenvalue weighted by molar-refractivity contribution is 5.16. The second-order valence-corrected chi connectivity index (χ2v) is 3.56. The number of alkyl halides is 2. The summed E-state index contributed by atoms with van der Waals surface area (Å²) >= 11 is 0. The van der Waals surface area contributed by atoms with Crippen LogP contribution >= 0.6 is 0 Å². The van der Waals surface area contributed by atoms with Gasteiger partial charge in [0, 0.05) is 0 Å². The fourth-order valence-corrected chi connectivity index (χ4v) is 2.21. The maximum absolute atomic E-state index is 12.3. The molecule has 2 N–H and O–H groups in total. The van der Waals surface area contributed by atoms with Crippen molar-refractivity contribution in [3.8, 4) is 0 Å². The molecule has 0 aliphatic heterocycles. The Morgan fingerprint density at radius 2 is 2.00 bits per heavy atom. The van der Waals surface area contributed by atoms with Gasteiger partial charge in [-0.15, -0.1) is 0 Å². The van der Waals surface area contributed by atoms with Crippen molar-refractivity contribution in [2.24, 2.45) is 11.3 Å². The largest absolute Gasteiger partial charge is 0.390 e. The van der Waals surface area contributed by atoms with Crippen LogP contribution in [0.25, 0.3) is 0 Å². The van der Waals surface area contributed by atoms with E-state index in [4.69, 9.17) is 5.11 Å². The molecular weight excluding hydrogens is 154 g/mol. The summed E-state index contributed by atoms with van der Waals surface area (Å²) in [5.41, 5.74) is -1.24. The molecule has 4 unspecified atom stereocenters. The molecule has 0 aromatic rings. The average molecular weight is 164 g/mol. The minimum atomic E-state index is -2.49. The van der Waals surface area contributed by atoms with Crippen molar-refractivity contribution in [2.45, 2.75) is 31.5 Å². The highest BCUT2D eigenvalue weighted by Crippen LogP contribution is 2.66. The monoisotopic (exact) mass is 164 g/mol. The van der Waals surface area contributed by atoms with Crippen LogP contribution < -0.4 is 0 Å². The van der Waals surface area contributed by atoms with Crippen molar-refractivity contribution >= 4 is 0 Å². The lowest BCUT2D eigenvalue weighted by Gasteiger charge is -2.19. The van der Waals surface area contributed by atoms with Crippen LogP contribution in [0.15, 0.2) is 0 Å². The second-order valence-electron chi connectivity index (χ2n) is 3.56. The van der Waals surface area contributed by atoms with Crippen LogP contribution in [-0.2, 0) is 0 Å². The highest BCUT2D eigenvalue weighted by Gasteiger charge is 2.71. The molecule has 0 bridgehead atoms. The van der Waals surface area contributed by atoms with E-state index in [0.717, 1.165) is 0 Å². The molecule has 2 rings (SSSR count). The number of aliphatic hydroxyl groups excluding tert-OH is 2. The Bertz CT molecular complexity index is 185. The van der Waals surface area contributed by atoms with Crippen LogP contribution in [0.3, 0.4) is 0 Å². The third-order valence-corrected chi connectivity index (χ3v) is 3.05. The summed E-state index contributed by atoms with van der Waals surface area (Å²) < 4.78 is 24.6. The molecule has 11 heavy (non-hydrogen) atoms. The van der Waals surface area contributed by atoms with Gasteiger partial charge in [-0.3, -0.25) is 0 Å². The lowest BCUT2D eigenvalue weighted by molar-refractivity contribution is -0.0612. The SMILES string of the molecule is OC1CC2CC2(C(F)F)C1O. The molecule has 0 saturated heterocycles. The Morgan fingerprint density at radius 1 is 1.36 bits per heavy atom. The van der Waals surface area contributed by atoms with E-state index >= 15 is 0 Å². The highest BCUT2D eigenvalue weighted by atomic mass is 19.3. The van der Waals surface area contributed by atoms with Crippen LogP contribution in [0.5, 0.6) is 0 Å². The van der Waals surface area contributed by atoms with Crippen LogP contribution in [0.4, 0.5) is 8.78 Å². The third-order valence-electron chi connectivity index (χ3n) is 3.05. The van der Waals surface area contributed by atoms with Gasteiger partial charge >= 0.3 is 0 Å². The number of halogens is 2. The van der Waals surface area contributed by atoms with E-state index in [1.165, 1.54) is 0 Å². The molecule has 0 aromatic carbocycles. The van der Waals surface area contributed by atoms with Crippen molar-refractivity contribution in [1.29, 1.82) is 0 Å². The summed E-state index contributed by atoms with van der Waals surface area (Å²) in [6, 6.07) is 0. The number of hydrogen-bond donors (Lipinski definition) is 2. The third kappa shape index (κ3) is 0.715. The molecule has 0 amide bonds. The molecule has 64 valence electrons. The predicted molar refractivity (Wildman–Crippen MR) is 33.2 cm³/mol. The number of hydrogen-bond acceptors (Lipinski definition) is 2. The summed E-state index contributed by atoms with van der Waals surface area (Å²) in [5.74, 6) is -0.146. The standard InChI is InChI=1S/C7H10F2O2/c8-6(9)7-2-3(7)1-4(10)5(7)11/h3-6,10-11H,1-2H2. The lowest BCUT2D eigenvalue weighted by Crippen LogP contribution is -2.34. The minimum absolute atomic E-state index is 0.146. The summed E-state index contributed by atoms with van der Waals surface area (Å²) in [4.78, 5) is 0. The number of aliphatic hydroxyl groups is 2. The predicted octanol–water partition coefficient (Wildman–Crippen LogP) is 0.383. The Hall–Kier alpha value is -0.220. The Balaban J connectivity index is 2.18.